The predicted octanol–water partition coefficient (Wildman–Crippen LogP) is 2.11. The number of hydrogen-bond acceptors (Lipinski definition) is 3. The van der Waals surface area contributed by atoms with Crippen molar-refractivity contribution in [3.05, 3.63) is 63.8 Å². The Bertz CT molecular complexity index is 672. The van der Waals surface area contributed by atoms with Crippen molar-refractivity contribution in [2.75, 3.05) is 0 Å². The van der Waals surface area contributed by atoms with E-state index >= 15 is 0 Å². The van der Waals surface area contributed by atoms with E-state index in [2.05, 4.69) is 4.98 Å². The van der Waals surface area contributed by atoms with Crippen molar-refractivity contribution in [3.8, 4) is 0 Å². The summed E-state index contributed by atoms with van der Waals surface area (Å²) in [7, 11) is 0. The normalized spacial score (nSPS) is 10.8. The lowest BCUT2D eigenvalue weighted by Crippen LogP contribution is -2.21. The van der Waals surface area contributed by atoms with Gasteiger partial charge < -0.3 is 5.11 Å². The molecule has 1 aromatic carbocycles. The third kappa shape index (κ3) is 3.12. The van der Waals surface area contributed by atoms with Crippen LogP contribution < -0.4 is 5.56 Å². The Morgan fingerprint density at radius 1 is 1.30 bits per heavy atom. The van der Waals surface area contributed by atoms with Crippen molar-refractivity contribution in [2.24, 2.45) is 0 Å². The fraction of sp³-hybridized carbons (Fsp3) is 0.267. The highest BCUT2D eigenvalue weighted by Gasteiger charge is 2.06. The van der Waals surface area contributed by atoms with E-state index < -0.39 is 5.97 Å². The van der Waals surface area contributed by atoms with Gasteiger partial charge in [0.2, 0.25) is 0 Å². The summed E-state index contributed by atoms with van der Waals surface area (Å²) in [4.78, 5) is 27.0. The fourth-order valence-corrected chi connectivity index (χ4v) is 1.82. The first-order valence-electron chi connectivity index (χ1n) is 6.36. The molecule has 1 N–H and O–H groups in total. The number of aromatic carboxylic acids is 1. The van der Waals surface area contributed by atoms with E-state index in [4.69, 9.17) is 5.11 Å². The van der Waals surface area contributed by atoms with Crippen molar-refractivity contribution in [3.63, 3.8) is 0 Å². The molecule has 1 heterocycles. The van der Waals surface area contributed by atoms with Crippen LogP contribution in [0, 0.1) is 0 Å². The van der Waals surface area contributed by atoms with Crippen molar-refractivity contribution >= 4 is 5.97 Å². The van der Waals surface area contributed by atoms with Crippen molar-refractivity contribution in [2.45, 2.75) is 26.3 Å². The Morgan fingerprint density at radius 2 is 1.95 bits per heavy atom. The molecule has 0 aliphatic heterocycles. The highest BCUT2D eigenvalue weighted by Crippen LogP contribution is 2.09. The fourth-order valence-electron chi connectivity index (χ4n) is 1.82. The molecular formula is C15H16N2O3. The molecule has 0 atom stereocenters. The average Bonchev–Trinajstić information content (AvgIpc) is 2.41. The molecule has 0 amide bonds. The summed E-state index contributed by atoms with van der Waals surface area (Å²) < 4.78 is 1.50. The largest absolute Gasteiger partial charge is 0.478 e. The molecular weight excluding hydrogens is 256 g/mol. The van der Waals surface area contributed by atoms with Crippen LogP contribution in [-0.4, -0.2) is 20.6 Å². The van der Waals surface area contributed by atoms with E-state index in [0.29, 0.717) is 6.54 Å². The van der Waals surface area contributed by atoms with Crippen LogP contribution in [0.2, 0.25) is 0 Å². The van der Waals surface area contributed by atoms with E-state index in [1.54, 1.807) is 12.1 Å². The van der Waals surface area contributed by atoms with Gasteiger partial charge in [-0.25, -0.2) is 9.78 Å². The maximum atomic E-state index is 12.0. The summed E-state index contributed by atoms with van der Waals surface area (Å²) in [6.07, 6.45) is 1.53. The van der Waals surface area contributed by atoms with Gasteiger partial charge in [0.25, 0.3) is 5.56 Å². The standard InChI is InChI=1S/C15H16N2O3/c1-10(2)13-7-14(18)17(9-16-13)8-11-3-5-12(6-4-11)15(19)20/h3-7,9-10H,8H2,1-2H3,(H,19,20). The Labute approximate surface area is 116 Å². The third-order valence-electron chi connectivity index (χ3n) is 3.05. The molecule has 2 aromatic rings. The summed E-state index contributed by atoms with van der Waals surface area (Å²) in [5, 5.41) is 8.83. The van der Waals surface area contributed by atoms with Crippen molar-refractivity contribution in [1.82, 2.24) is 9.55 Å². The van der Waals surface area contributed by atoms with Crippen LogP contribution in [0.25, 0.3) is 0 Å². The van der Waals surface area contributed by atoms with Gasteiger partial charge >= 0.3 is 5.97 Å². The number of carboxylic acids is 1. The molecule has 0 bridgehead atoms. The molecule has 2 rings (SSSR count). The topological polar surface area (TPSA) is 72.2 Å². The van der Waals surface area contributed by atoms with Gasteiger partial charge in [0.1, 0.15) is 0 Å². The second kappa shape index (κ2) is 5.69. The summed E-state index contributed by atoms with van der Waals surface area (Å²) >= 11 is 0. The Morgan fingerprint density at radius 3 is 2.45 bits per heavy atom. The highest BCUT2D eigenvalue weighted by molar-refractivity contribution is 5.87. The quantitative estimate of drug-likeness (QED) is 0.925. The highest BCUT2D eigenvalue weighted by atomic mass is 16.4. The van der Waals surface area contributed by atoms with Gasteiger partial charge in [0.15, 0.2) is 0 Å². The number of carbonyl (C=O) groups is 1. The van der Waals surface area contributed by atoms with Gasteiger partial charge in [-0.1, -0.05) is 26.0 Å². The minimum Gasteiger partial charge on any atom is -0.478 e. The van der Waals surface area contributed by atoms with Gasteiger partial charge in [-0.05, 0) is 23.6 Å². The SMILES string of the molecule is CC(C)c1cc(=O)n(Cc2ccc(C(=O)O)cc2)cn1. The zero-order chi connectivity index (χ0) is 14.7. The molecule has 5 nitrogen and oxygen atoms in total. The Kier molecular flexibility index (Phi) is 3.98. The van der Waals surface area contributed by atoms with E-state index in [1.807, 2.05) is 13.8 Å². The van der Waals surface area contributed by atoms with Crippen LogP contribution in [0.4, 0.5) is 0 Å². The zero-order valence-electron chi connectivity index (χ0n) is 11.4. The number of hydrogen-bond donors (Lipinski definition) is 1. The van der Waals surface area contributed by atoms with Crippen LogP contribution in [0.5, 0.6) is 0 Å². The van der Waals surface area contributed by atoms with Gasteiger partial charge in [-0.2, -0.15) is 0 Å². The molecule has 5 heteroatoms. The molecule has 0 saturated carbocycles. The Hall–Kier alpha value is -2.43. The van der Waals surface area contributed by atoms with Crippen LogP contribution >= 0.6 is 0 Å². The molecule has 104 valence electrons. The number of rotatable bonds is 4. The van der Waals surface area contributed by atoms with Crippen molar-refractivity contribution in [1.29, 1.82) is 0 Å². The monoisotopic (exact) mass is 272 g/mol. The molecule has 0 saturated heterocycles. The minimum atomic E-state index is -0.961. The summed E-state index contributed by atoms with van der Waals surface area (Å²) in [6, 6.07) is 7.99. The van der Waals surface area contributed by atoms with Crippen LogP contribution in [0.1, 0.15) is 41.4 Å². The second-order valence-corrected chi connectivity index (χ2v) is 4.94. The minimum absolute atomic E-state index is 0.106. The maximum absolute atomic E-state index is 12.0. The van der Waals surface area contributed by atoms with Crippen LogP contribution in [0.15, 0.2) is 41.5 Å². The summed E-state index contributed by atoms with van der Waals surface area (Å²) in [5.41, 5.74) is 1.75. The van der Waals surface area contributed by atoms with Crippen LogP contribution in [-0.2, 0) is 6.54 Å². The van der Waals surface area contributed by atoms with Gasteiger partial charge in [0.05, 0.1) is 24.1 Å². The second-order valence-electron chi connectivity index (χ2n) is 4.94. The molecule has 1 aromatic heterocycles. The smallest absolute Gasteiger partial charge is 0.335 e. The van der Waals surface area contributed by atoms with E-state index in [-0.39, 0.29) is 17.0 Å². The molecule has 0 spiro atoms. The summed E-state index contributed by atoms with van der Waals surface area (Å²) in [5.74, 6) is -0.746. The number of benzene rings is 1. The van der Waals surface area contributed by atoms with Gasteiger partial charge in [-0.15, -0.1) is 0 Å². The van der Waals surface area contributed by atoms with Crippen molar-refractivity contribution < 1.29 is 9.90 Å². The zero-order valence-corrected chi connectivity index (χ0v) is 11.4. The first kappa shape index (κ1) is 14.0. The maximum Gasteiger partial charge on any atom is 0.335 e. The first-order valence-corrected chi connectivity index (χ1v) is 6.36. The molecule has 0 aliphatic rings. The average molecular weight is 272 g/mol. The van der Waals surface area contributed by atoms with Gasteiger partial charge in [-0.3, -0.25) is 9.36 Å². The van der Waals surface area contributed by atoms with E-state index in [0.717, 1.165) is 11.3 Å². The third-order valence-corrected chi connectivity index (χ3v) is 3.05. The van der Waals surface area contributed by atoms with Gasteiger partial charge in [0, 0.05) is 6.07 Å². The lowest BCUT2D eigenvalue weighted by atomic mass is 10.1. The molecule has 20 heavy (non-hydrogen) atoms. The number of carboxylic acid groups (broad SMARTS) is 1. The van der Waals surface area contributed by atoms with Crippen LogP contribution in [0.3, 0.4) is 0 Å². The molecule has 0 radical (unpaired) electrons. The lowest BCUT2D eigenvalue weighted by molar-refractivity contribution is 0.0697. The first-order chi connectivity index (χ1) is 9.47. The lowest BCUT2D eigenvalue weighted by Gasteiger charge is -2.08. The van der Waals surface area contributed by atoms with E-state index in [1.165, 1.54) is 29.1 Å². The molecule has 0 aliphatic carbocycles. The van der Waals surface area contributed by atoms with E-state index in [9.17, 15) is 9.59 Å². The predicted molar refractivity (Wildman–Crippen MR) is 75.1 cm³/mol. The molecule has 0 unspecified atom stereocenters. The number of aromatic nitrogens is 2. The Balaban J connectivity index is 2.22. The summed E-state index contributed by atoms with van der Waals surface area (Å²) in [6.45, 7) is 4.34. The number of nitrogens with zero attached hydrogens (tertiary/aromatic N) is 2. The molecule has 0 fully saturated rings.